The van der Waals surface area contributed by atoms with E-state index in [1.54, 1.807) is 0 Å². The average Bonchev–Trinajstić information content (AvgIpc) is 2.62. The van der Waals surface area contributed by atoms with Crippen LogP contribution in [0.3, 0.4) is 0 Å². The largest absolute Gasteiger partial charge is 1.00 e. The van der Waals surface area contributed by atoms with Crippen LogP contribution in [0.1, 0.15) is 52.0 Å². The maximum atomic E-state index is 11.5. The van der Waals surface area contributed by atoms with Crippen LogP contribution in [0, 0.1) is 0 Å². The molecule has 0 aliphatic carbocycles. The summed E-state index contributed by atoms with van der Waals surface area (Å²) in [6.45, 7) is 9.13. The van der Waals surface area contributed by atoms with Gasteiger partial charge >= 0.3 is 6.09 Å². The number of nitrogens with one attached hydrogen (secondary N) is 1. The van der Waals surface area contributed by atoms with Crippen LogP contribution in [0.4, 0.5) is 4.79 Å². The smallest absolute Gasteiger partial charge is 0.410 e. The number of hydrogen-bond donors (Lipinski definition) is 1. The highest BCUT2D eigenvalue weighted by Crippen LogP contribution is 2.13. The molecule has 1 amide bonds. The highest BCUT2D eigenvalue weighted by atomic mass is 35.5. The number of nitrogens with zero attached hydrogens (tertiary/aromatic N) is 1. The Labute approximate surface area is 180 Å². The number of Topliss-reactive ketones (excluding diaryl/α,β-unsaturated/α-hetero) is 2. The second kappa shape index (κ2) is 11.9. The fourth-order valence-corrected chi connectivity index (χ4v) is 3.35. The van der Waals surface area contributed by atoms with Gasteiger partial charge in [-0.2, -0.15) is 0 Å². The number of ketones is 2. The van der Waals surface area contributed by atoms with Crippen molar-refractivity contribution in [1.29, 1.82) is 0 Å². The quantitative estimate of drug-likeness (QED) is 0.663. The Morgan fingerprint density at radius 1 is 1.07 bits per heavy atom. The monoisotopic (exact) mass is 424 g/mol. The molecule has 2 saturated heterocycles. The van der Waals surface area contributed by atoms with Gasteiger partial charge in [0, 0.05) is 31.4 Å². The normalized spacial score (nSPS) is 19.6. The summed E-state index contributed by atoms with van der Waals surface area (Å²) < 4.78 is 5.16. The van der Waals surface area contributed by atoms with Crippen molar-refractivity contribution >= 4 is 17.7 Å². The van der Waals surface area contributed by atoms with Crippen LogP contribution in [0.15, 0.2) is 30.3 Å². The van der Waals surface area contributed by atoms with Gasteiger partial charge < -0.3 is 26.9 Å². The van der Waals surface area contributed by atoms with Gasteiger partial charge in [-0.1, -0.05) is 30.3 Å². The molecule has 1 N–H and O–H groups in total. The number of halogens is 1. The van der Waals surface area contributed by atoms with E-state index in [1.807, 2.05) is 26.8 Å². The summed E-state index contributed by atoms with van der Waals surface area (Å²) in [5.74, 6) is 0.532. The first-order valence-electron chi connectivity index (χ1n) is 10.1. The molecule has 29 heavy (non-hydrogen) atoms. The number of carbonyl (C=O) groups is 3. The molecule has 0 saturated carbocycles. The molecule has 0 aromatic heterocycles. The maximum Gasteiger partial charge on any atom is 0.410 e. The Kier molecular flexibility index (Phi) is 10.3. The summed E-state index contributed by atoms with van der Waals surface area (Å²) in [6.07, 6.45) is 2.79. The van der Waals surface area contributed by atoms with E-state index in [0.29, 0.717) is 18.7 Å². The lowest BCUT2D eigenvalue weighted by atomic mass is 10.1. The van der Waals surface area contributed by atoms with Crippen molar-refractivity contribution in [2.75, 3.05) is 26.2 Å². The van der Waals surface area contributed by atoms with Crippen LogP contribution < -0.4 is 17.3 Å². The third-order valence-electron chi connectivity index (χ3n) is 4.63. The molecule has 0 radical (unpaired) electrons. The predicted molar refractivity (Wildman–Crippen MR) is 107 cm³/mol. The first-order chi connectivity index (χ1) is 13.2. The topological polar surface area (TPSA) is 68.1 Å². The SMILES string of the molecule is CC(C)(C)OC(=O)N1CCCC(=O)C1.O=C1CCC[NH+](Cc2ccccc2)C1.[Cl-]. The zero-order valence-electron chi connectivity index (χ0n) is 17.7. The van der Waals surface area contributed by atoms with Gasteiger partial charge in [-0.15, -0.1) is 0 Å². The molecule has 162 valence electrons. The zero-order valence-corrected chi connectivity index (χ0v) is 18.5. The molecule has 2 heterocycles. The van der Waals surface area contributed by atoms with E-state index >= 15 is 0 Å². The fraction of sp³-hybridized carbons (Fsp3) is 0.591. The molecule has 7 heteroatoms. The number of hydrogen-bond acceptors (Lipinski definition) is 4. The summed E-state index contributed by atoms with van der Waals surface area (Å²) in [7, 11) is 0. The summed E-state index contributed by atoms with van der Waals surface area (Å²) >= 11 is 0. The first-order valence-corrected chi connectivity index (χ1v) is 10.1. The lowest BCUT2D eigenvalue weighted by Gasteiger charge is -2.29. The highest BCUT2D eigenvalue weighted by Gasteiger charge is 2.26. The predicted octanol–water partition coefficient (Wildman–Crippen LogP) is -0.975. The highest BCUT2D eigenvalue weighted by molar-refractivity contribution is 5.85. The van der Waals surface area contributed by atoms with Crippen molar-refractivity contribution < 1.29 is 36.4 Å². The minimum Gasteiger partial charge on any atom is -1.00 e. The molecule has 2 aliphatic heterocycles. The van der Waals surface area contributed by atoms with E-state index in [-0.39, 0.29) is 30.8 Å². The number of rotatable bonds is 2. The molecular weight excluding hydrogens is 392 g/mol. The van der Waals surface area contributed by atoms with Gasteiger partial charge in [-0.05, 0) is 27.2 Å². The summed E-state index contributed by atoms with van der Waals surface area (Å²) in [5.41, 5.74) is 0.842. The van der Waals surface area contributed by atoms with E-state index in [9.17, 15) is 14.4 Å². The Morgan fingerprint density at radius 3 is 2.31 bits per heavy atom. The van der Waals surface area contributed by atoms with Crippen LogP contribution in [0.25, 0.3) is 0 Å². The number of likely N-dealkylation sites (tertiary alicyclic amines) is 2. The Hall–Kier alpha value is -1.92. The Balaban J connectivity index is 0.000000280. The van der Waals surface area contributed by atoms with Crippen LogP contribution >= 0.6 is 0 Å². The van der Waals surface area contributed by atoms with Crippen LogP contribution in [0.2, 0.25) is 0 Å². The minimum absolute atomic E-state index is 0. The number of carbonyl (C=O) groups excluding carboxylic acids is 3. The van der Waals surface area contributed by atoms with Gasteiger partial charge in [0.15, 0.2) is 11.6 Å². The van der Waals surface area contributed by atoms with Gasteiger partial charge in [-0.25, -0.2) is 4.79 Å². The van der Waals surface area contributed by atoms with Crippen LogP contribution in [-0.2, 0) is 20.9 Å². The average molecular weight is 425 g/mol. The third-order valence-corrected chi connectivity index (χ3v) is 4.63. The van der Waals surface area contributed by atoms with Crippen molar-refractivity contribution in [1.82, 2.24) is 4.90 Å². The second-order valence-corrected chi connectivity index (χ2v) is 8.53. The summed E-state index contributed by atoms with van der Waals surface area (Å²) in [6, 6.07) is 10.4. The Morgan fingerprint density at radius 2 is 1.72 bits per heavy atom. The Bertz CT molecular complexity index is 673. The van der Waals surface area contributed by atoms with Crippen molar-refractivity contribution in [3.63, 3.8) is 0 Å². The number of amides is 1. The number of quaternary nitrogens is 1. The lowest BCUT2D eigenvalue weighted by molar-refractivity contribution is -0.908. The molecule has 3 rings (SSSR count). The lowest BCUT2D eigenvalue weighted by Crippen LogP contribution is -3.12. The molecule has 2 fully saturated rings. The molecule has 1 atom stereocenters. The van der Waals surface area contributed by atoms with Gasteiger partial charge in [0.05, 0.1) is 13.1 Å². The standard InChI is InChI=1S/C12H15NO.C10H17NO3.ClH/c14-12-7-4-8-13(10-12)9-11-5-2-1-3-6-11;1-10(2,3)14-9(13)11-6-4-5-8(12)7-11;/h1-3,5-6H,4,7-10H2;4-7H2,1-3H3;1H. The molecule has 0 spiro atoms. The van der Waals surface area contributed by atoms with Gasteiger partial charge in [0.25, 0.3) is 0 Å². The number of benzene rings is 1. The molecule has 0 bridgehead atoms. The van der Waals surface area contributed by atoms with Crippen molar-refractivity contribution in [2.45, 2.75) is 58.6 Å². The van der Waals surface area contributed by atoms with Crippen LogP contribution in [-0.4, -0.2) is 54.3 Å². The minimum atomic E-state index is -0.489. The summed E-state index contributed by atoms with van der Waals surface area (Å²) in [5, 5.41) is 0. The van der Waals surface area contributed by atoms with E-state index in [1.165, 1.54) is 15.4 Å². The van der Waals surface area contributed by atoms with Crippen molar-refractivity contribution in [3.8, 4) is 0 Å². The molecule has 6 nitrogen and oxygen atoms in total. The first kappa shape index (κ1) is 25.1. The third kappa shape index (κ3) is 9.90. The zero-order chi connectivity index (χ0) is 20.6. The maximum absolute atomic E-state index is 11.5. The number of piperidine rings is 2. The van der Waals surface area contributed by atoms with Gasteiger partial charge in [0.1, 0.15) is 18.7 Å². The van der Waals surface area contributed by atoms with E-state index in [0.717, 1.165) is 38.9 Å². The van der Waals surface area contributed by atoms with Crippen molar-refractivity contribution in [2.24, 2.45) is 0 Å². The summed E-state index contributed by atoms with van der Waals surface area (Å²) in [4.78, 5) is 36.7. The van der Waals surface area contributed by atoms with E-state index in [4.69, 9.17) is 4.74 Å². The van der Waals surface area contributed by atoms with Gasteiger partial charge in [-0.3, -0.25) is 9.59 Å². The van der Waals surface area contributed by atoms with E-state index < -0.39 is 5.60 Å². The second-order valence-electron chi connectivity index (χ2n) is 8.53. The number of ether oxygens (including phenoxy) is 1. The molecule has 1 aromatic rings. The van der Waals surface area contributed by atoms with Gasteiger partial charge in [0.2, 0.25) is 0 Å². The van der Waals surface area contributed by atoms with Crippen LogP contribution in [0.5, 0.6) is 0 Å². The van der Waals surface area contributed by atoms with Crippen molar-refractivity contribution in [3.05, 3.63) is 35.9 Å². The molecule has 1 aromatic carbocycles. The fourth-order valence-electron chi connectivity index (χ4n) is 3.35. The molecule has 2 aliphatic rings. The van der Waals surface area contributed by atoms with E-state index in [2.05, 4.69) is 24.3 Å². The molecule has 1 unspecified atom stereocenters. The molecular formula is C22H33ClN2O4.